The van der Waals surface area contributed by atoms with Gasteiger partial charge in [0.05, 0.1) is 24.8 Å². The van der Waals surface area contributed by atoms with Gasteiger partial charge >= 0.3 is 0 Å². The van der Waals surface area contributed by atoms with E-state index in [4.69, 9.17) is 9.47 Å². The largest absolute Gasteiger partial charge is 0.497 e. The first kappa shape index (κ1) is 29.5. The van der Waals surface area contributed by atoms with Gasteiger partial charge < -0.3 is 19.7 Å². The summed E-state index contributed by atoms with van der Waals surface area (Å²) in [6.45, 7) is 3.65. The van der Waals surface area contributed by atoms with Gasteiger partial charge in [-0.3, -0.25) is 13.9 Å². The minimum atomic E-state index is -4.14. The van der Waals surface area contributed by atoms with Gasteiger partial charge in [0.25, 0.3) is 10.0 Å². The van der Waals surface area contributed by atoms with Crippen LogP contribution in [0.5, 0.6) is 11.5 Å². The Morgan fingerprint density at radius 3 is 1.97 bits per heavy atom. The number of rotatable bonds is 13. The molecule has 0 aliphatic heterocycles. The molecule has 0 aliphatic carbocycles. The molecule has 0 saturated carbocycles. The van der Waals surface area contributed by atoms with Crippen LogP contribution in [0, 0.1) is 0 Å². The predicted octanol–water partition coefficient (Wildman–Crippen LogP) is 3.84. The number of carbonyl (C=O) groups is 2. The van der Waals surface area contributed by atoms with Gasteiger partial charge in [0, 0.05) is 13.1 Å². The summed E-state index contributed by atoms with van der Waals surface area (Å²) in [6.07, 6.45) is 0.743. The van der Waals surface area contributed by atoms with E-state index in [2.05, 4.69) is 5.32 Å². The van der Waals surface area contributed by atoms with E-state index in [1.54, 1.807) is 80.8 Å². The Labute approximate surface area is 230 Å². The molecule has 1 N–H and O–H groups in total. The number of nitrogens with one attached hydrogen (secondary N) is 1. The average molecular weight is 554 g/mol. The van der Waals surface area contributed by atoms with Crippen molar-refractivity contribution in [1.82, 2.24) is 10.2 Å². The highest BCUT2D eigenvalue weighted by molar-refractivity contribution is 7.92. The molecule has 0 fully saturated rings. The summed E-state index contributed by atoms with van der Waals surface area (Å²) in [5.41, 5.74) is 1.10. The highest BCUT2D eigenvalue weighted by Crippen LogP contribution is 2.26. The lowest BCUT2D eigenvalue weighted by atomic mass is 10.1. The normalized spacial score (nSPS) is 11.8. The summed E-state index contributed by atoms with van der Waals surface area (Å²) in [4.78, 5) is 28.2. The Kier molecular flexibility index (Phi) is 10.3. The van der Waals surface area contributed by atoms with Crippen LogP contribution in [0.3, 0.4) is 0 Å². The second kappa shape index (κ2) is 13.7. The summed E-state index contributed by atoms with van der Waals surface area (Å²) in [6, 6.07) is 20.7. The first-order valence-corrected chi connectivity index (χ1v) is 14.1. The third-order valence-electron chi connectivity index (χ3n) is 6.20. The summed E-state index contributed by atoms with van der Waals surface area (Å²) in [7, 11) is -1.08. The van der Waals surface area contributed by atoms with Crippen molar-refractivity contribution in [2.45, 2.75) is 37.8 Å². The minimum absolute atomic E-state index is 0.00962. The molecule has 3 aromatic carbocycles. The molecule has 0 aromatic heterocycles. The number of sulfonamides is 1. The third kappa shape index (κ3) is 7.51. The van der Waals surface area contributed by atoms with E-state index >= 15 is 0 Å². The lowest BCUT2D eigenvalue weighted by Crippen LogP contribution is -2.51. The molecule has 10 heteroatoms. The fraction of sp³-hybridized carbons (Fsp3) is 0.310. The van der Waals surface area contributed by atoms with Crippen molar-refractivity contribution in [3.05, 3.63) is 84.4 Å². The number of hydrogen-bond donors (Lipinski definition) is 1. The van der Waals surface area contributed by atoms with Crippen LogP contribution in [0.1, 0.15) is 25.8 Å². The molecule has 0 radical (unpaired) electrons. The molecule has 1 atom stereocenters. The van der Waals surface area contributed by atoms with Crippen molar-refractivity contribution in [3.63, 3.8) is 0 Å². The van der Waals surface area contributed by atoms with Crippen molar-refractivity contribution < 1.29 is 27.5 Å². The zero-order valence-electron chi connectivity index (χ0n) is 22.7. The van der Waals surface area contributed by atoms with Gasteiger partial charge in [-0.25, -0.2) is 8.42 Å². The van der Waals surface area contributed by atoms with Crippen LogP contribution in [0.2, 0.25) is 0 Å². The van der Waals surface area contributed by atoms with E-state index in [1.165, 1.54) is 24.1 Å². The van der Waals surface area contributed by atoms with Crippen molar-refractivity contribution in [3.8, 4) is 11.5 Å². The molecule has 3 aromatic rings. The first-order chi connectivity index (χ1) is 18.7. The van der Waals surface area contributed by atoms with Gasteiger partial charge in [-0.1, -0.05) is 37.3 Å². The van der Waals surface area contributed by atoms with Gasteiger partial charge in [0.1, 0.15) is 24.1 Å². The highest BCUT2D eigenvalue weighted by Gasteiger charge is 2.32. The number of benzene rings is 3. The van der Waals surface area contributed by atoms with E-state index in [0.717, 1.165) is 16.3 Å². The van der Waals surface area contributed by atoms with Crippen molar-refractivity contribution in [1.29, 1.82) is 0 Å². The Bertz CT molecular complexity index is 1330. The number of anilines is 1. The molecule has 3 rings (SSSR count). The fourth-order valence-electron chi connectivity index (χ4n) is 3.90. The van der Waals surface area contributed by atoms with E-state index < -0.39 is 28.5 Å². The average Bonchev–Trinajstić information content (AvgIpc) is 2.97. The number of para-hydroxylation sites is 1. The van der Waals surface area contributed by atoms with Crippen LogP contribution >= 0.6 is 0 Å². The molecular formula is C29H35N3O6S. The maximum absolute atomic E-state index is 13.8. The van der Waals surface area contributed by atoms with Gasteiger partial charge in [-0.15, -0.1) is 0 Å². The van der Waals surface area contributed by atoms with Crippen LogP contribution in [0.15, 0.2) is 83.8 Å². The van der Waals surface area contributed by atoms with Gasteiger partial charge in [-0.2, -0.15) is 0 Å². The molecular weight excluding hydrogens is 518 g/mol. The van der Waals surface area contributed by atoms with Gasteiger partial charge in [0.2, 0.25) is 11.8 Å². The topological polar surface area (TPSA) is 105 Å². The molecule has 208 valence electrons. The zero-order valence-corrected chi connectivity index (χ0v) is 23.5. The smallest absolute Gasteiger partial charge is 0.264 e. The minimum Gasteiger partial charge on any atom is -0.497 e. The molecule has 39 heavy (non-hydrogen) atoms. The molecule has 0 unspecified atom stereocenters. The summed E-state index contributed by atoms with van der Waals surface area (Å²) in [5.74, 6) is 0.328. The molecule has 0 heterocycles. The van der Waals surface area contributed by atoms with Crippen molar-refractivity contribution >= 4 is 27.5 Å². The summed E-state index contributed by atoms with van der Waals surface area (Å²) < 4.78 is 39.0. The van der Waals surface area contributed by atoms with E-state index in [0.29, 0.717) is 23.7 Å². The molecule has 0 spiro atoms. The van der Waals surface area contributed by atoms with E-state index in [-0.39, 0.29) is 17.3 Å². The number of methoxy groups -OCH3 is 2. The second-order valence-electron chi connectivity index (χ2n) is 8.86. The van der Waals surface area contributed by atoms with E-state index in [9.17, 15) is 18.0 Å². The Morgan fingerprint density at radius 2 is 1.44 bits per heavy atom. The number of nitrogens with zero attached hydrogens (tertiary/aromatic N) is 2. The molecule has 0 aliphatic rings. The maximum Gasteiger partial charge on any atom is 0.264 e. The summed E-state index contributed by atoms with van der Waals surface area (Å²) in [5, 5.41) is 2.83. The summed E-state index contributed by atoms with van der Waals surface area (Å²) >= 11 is 0. The second-order valence-corrected chi connectivity index (χ2v) is 10.7. The van der Waals surface area contributed by atoms with Crippen LogP contribution < -0.4 is 19.1 Å². The standard InChI is InChI=1S/C29H35N3O6S/c1-5-19-30-29(34)22(2)31(20-23-11-13-25(37-3)14-12-23)28(33)21-32(24-9-7-6-8-10-24)39(35,36)27-17-15-26(38-4)16-18-27/h6-18,22H,5,19-21H2,1-4H3,(H,30,34)/t22-/m0/s1. The fourth-order valence-corrected chi connectivity index (χ4v) is 5.32. The zero-order chi connectivity index (χ0) is 28.4. The van der Waals surface area contributed by atoms with Crippen LogP contribution in [-0.4, -0.2) is 58.5 Å². The van der Waals surface area contributed by atoms with Crippen molar-refractivity contribution in [2.24, 2.45) is 0 Å². The molecule has 2 amide bonds. The molecule has 0 saturated heterocycles. The highest BCUT2D eigenvalue weighted by atomic mass is 32.2. The first-order valence-electron chi connectivity index (χ1n) is 12.6. The SMILES string of the molecule is CCCNC(=O)[C@H](C)N(Cc1ccc(OC)cc1)C(=O)CN(c1ccccc1)S(=O)(=O)c1ccc(OC)cc1. The lowest BCUT2D eigenvalue weighted by Gasteiger charge is -2.32. The van der Waals surface area contributed by atoms with E-state index in [1.807, 2.05) is 6.92 Å². The number of carbonyl (C=O) groups excluding carboxylic acids is 2. The lowest BCUT2D eigenvalue weighted by molar-refractivity contribution is -0.139. The number of amides is 2. The van der Waals surface area contributed by atoms with Crippen LogP contribution in [0.4, 0.5) is 5.69 Å². The monoisotopic (exact) mass is 553 g/mol. The number of hydrogen-bond acceptors (Lipinski definition) is 6. The Morgan fingerprint density at radius 1 is 0.872 bits per heavy atom. The van der Waals surface area contributed by atoms with Gasteiger partial charge in [-0.05, 0) is 67.4 Å². The maximum atomic E-state index is 13.8. The number of ether oxygens (including phenoxy) is 2. The quantitative estimate of drug-likeness (QED) is 0.345. The molecule has 9 nitrogen and oxygen atoms in total. The third-order valence-corrected chi connectivity index (χ3v) is 7.99. The molecule has 0 bridgehead atoms. The van der Waals surface area contributed by atoms with Crippen LogP contribution in [0.25, 0.3) is 0 Å². The van der Waals surface area contributed by atoms with Crippen LogP contribution in [-0.2, 0) is 26.2 Å². The predicted molar refractivity (Wildman–Crippen MR) is 150 cm³/mol. The Hall–Kier alpha value is -4.05. The van der Waals surface area contributed by atoms with Crippen molar-refractivity contribution in [2.75, 3.05) is 31.6 Å². The Balaban J connectivity index is 1.98. The van der Waals surface area contributed by atoms with Gasteiger partial charge in [0.15, 0.2) is 0 Å².